The number of rotatable bonds is 3. The zero-order valence-corrected chi connectivity index (χ0v) is 7.27. The highest BCUT2D eigenvalue weighted by Gasteiger charge is 2.23. The maximum atomic E-state index is 5.44. The first kappa shape index (κ1) is 8.75. The first-order valence-electron chi connectivity index (χ1n) is 4.37. The molecule has 1 saturated carbocycles. The van der Waals surface area contributed by atoms with E-state index in [1.807, 2.05) is 6.92 Å². The first-order chi connectivity index (χ1) is 5.25. The topological polar surface area (TPSA) is 38.0 Å². The lowest BCUT2D eigenvalue weighted by atomic mass is 9.94. The summed E-state index contributed by atoms with van der Waals surface area (Å²) in [5.74, 6) is 6.18. The summed E-state index contributed by atoms with van der Waals surface area (Å²) < 4.78 is 0. The Labute approximate surface area is 68.8 Å². The van der Waals surface area contributed by atoms with Crippen molar-refractivity contribution in [1.82, 2.24) is 5.43 Å². The minimum absolute atomic E-state index is 0.345. The Morgan fingerprint density at radius 1 is 1.55 bits per heavy atom. The van der Waals surface area contributed by atoms with E-state index >= 15 is 0 Å². The van der Waals surface area contributed by atoms with Gasteiger partial charge in [0, 0.05) is 6.04 Å². The molecule has 1 aliphatic carbocycles. The smallest absolute Gasteiger partial charge is 0.0442 e. The fourth-order valence-electron chi connectivity index (χ4n) is 1.97. The van der Waals surface area contributed by atoms with Gasteiger partial charge < -0.3 is 0 Å². The van der Waals surface area contributed by atoms with Crippen LogP contribution < -0.4 is 11.3 Å². The summed E-state index contributed by atoms with van der Waals surface area (Å²) in [6.07, 6.45) is 5.33. The molecule has 0 bridgehead atoms. The van der Waals surface area contributed by atoms with Crippen molar-refractivity contribution in [3.05, 3.63) is 12.2 Å². The van der Waals surface area contributed by atoms with E-state index in [9.17, 15) is 0 Å². The van der Waals surface area contributed by atoms with Crippen molar-refractivity contribution in [3.63, 3.8) is 0 Å². The number of hydrogen-bond donors (Lipinski definition) is 2. The van der Waals surface area contributed by atoms with Crippen molar-refractivity contribution >= 4 is 0 Å². The van der Waals surface area contributed by atoms with Crippen LogP contribution in [0.2, 0.25) is 0 Å². The molecule has 0 saturated heterocycles. The molecular formula is C9H18N2. The lowest BCUT2D eigenvalue weighted by Crippen LogP contribution is -2.40. The molecule has 0 aliphatic heterocycles. The molecule has 0 heterocycles. The van der Waals surface area contributed by atoms with Gasteiger partial charge in [0.15, 0.2) is 0 Å². The monoisotopic (exact) mass is 154 g/mol. The Morgan fingerprint density at radius 2 is 2.09 bits per heavy atom. The molecule has 0 aromatic rings. The summed E-state index contributed by atoms with van der Waals surface area (Å²) in [5.41, 5.74) is 4.01. The van der Waals surface area contributed by atoms with E-state index in [0.29, 0.717) is 6.04 Å². The third kappa shape index (κ3) is 2.04. The Kier molecular flexibility index (Phi) is 3.09. The van der Waals surface area contributed by atoms with Crippen LogP contribution in [0.15, 0.2) is 12.2 Å². The maximum absolute atomic E-state index is 5.44. The first-order valence-corrected chi connectivity index (χ1v) is 4.37. The SMILES string of the molecule is C=C(C)C(NN)C1CCCC1. The summed E-state index contributed by atoms with van der Waals surface area (Å²) >= 11 is 0. The van der Waals surface area contributed by atoms with E-state index in [-0.39, 0.29) is 0 Å². The predicted octanol–water partition coefficient (Wildman–Crippen LogP) is 1.58. The Balaban J connectivity index is 2.46. The highest BCUT2D eigenvalue weighted by atomic mass is 15.2. The van der Waals surface area contributed by atoms with Crippen LogP contribution in [0.3, 0.4) is 0 Å². The fourth-order valence-corrected chi connectivity index (χ4v) is 1.97. The molecule has 0 radical (unpaired) electrons. The third-order valence-corrected chi connectivity index (χ3v) is 2.58. The fraction of sp³-hybridized carbons (Fsp3) is 0.778. The minimum Gasteiger partial charge on any atom is -0.271 e. The van der Waals surface area contributed by atoms with Gasteiger partial charge in [-0.25, -0.2) is 0 Å². The molecule has 2 nitrogen and oxygen atoms in total. The molecule has 1 aliphatic rings. The average molecular weight is 154 g/mol. The number of hydrogen-bond acceptors (Lipinski definition) is 2. The van der Waals surface area contributed by atoms with Gasteiger partial charge >= 0.3 is 0 Å². The largest absolute Gasteiger partial charge is 0.271 e. The summed E-state index contributed by atoms with van der Waals surface area (Å²) in [6, 6.07) is 0.345. The summed E-state index contributed by atoms with van der Waals surface area (Å²) in [6.45, 7) is 5.97. The molecule has 2 heteroatoms. The number of nitrogens with two attached hydrogens (primary N) is 1. The number of nitrogens with one attached hydrogen (secondary N) is 1. The van der Waals surface area contributed by atoms with Gasteiger partial charge in [-0.05, 0) is 25.7 Å². The molecule has 64 valence electrons. The summed E-state index contributed by atoms with van der Waals surface area (Å²) in [5, 5.41) is 0. The van der Waals surface area contributed by atoms with Crippen LogP contribution >= 0.6 is 0 Å². The lowest BCUT2D eigenvalue weighted by molar-refractivity contribution is 0.406. The average Bonchev–Trinajstić information content (AvgIpc) is 2.40. The lowest BCUT2D eigenvalue weighted by Gasteiger charge is -2.22. The van der Waals surface area contributed by atoms with E-state index in [0.717, 1.165) is 5.92 Å². The molecular weight excluding hydrogens is 136 g/mol. The highest BCUT2D eigenvalue weighted by molar-refractivity contribution is 5.04. The Hall–Kier alpha value is -0.340. The van der Waals surface area contributed by atoms with Crippen LogP contribution in [-0.2, 0) is 0 Å². The van der Waals surface area contributed by atoms with Gasteiger partial charge in [-0.2, -0.15) is 0 Å². The molecule has 3 N–H and O–H groups in total. The minimum atomic E-state index is 0.345. The van der Waals surface area contributed by atoms with Crippen LogP contribution in [0.25, 0.3) is 0 Å². The van der Waals surface area contributed by atoms with Gasteiger partial charge in [0.05, 0.1) is 0 Å². The van der Waals surface area contributed by atoms with Crippen molar-refractivity contribution in [1.29, 1.82) is 0 Å². The Bertz CT molecular complexity index is 136. The van der Waals surface area contributed by atoms with Gasteiger partial charge in [-0.1, -0.05) is 25.0 Å². The molecule has 11 heavy (non-hydrogen) atoms. The predicted molar refractivity (Wildman–Crippen MR) is 47.9 cm³/mol. The van der Waals surface area contributed by atoms with Crippen molar-refractivity contribution in [2.75, 3.05) is 0 Å². The van der Waals surface area contributed by atoms with Crippen LogP contribution in [-0.4, -0.2) is 6.04 Å². The molecule has 1 unspecified atom stereocenters. The zero-order valence-electron chi connectivity index (χ0n) is 7.27. The molecule has 0 spiro atoms. The van der Waals surface area contributed by atoms with E-state index in [1.165, 1.54) is 31.3 Å². The van der Waals surface area contributed by atoms with Gasteiger partial charge in [-0.15, -0.1) is 0 Å². The second kappa shape index (κ2) is 3.88. The zero-order chi connectivity index (χ0) is 8.27. The van der Waals surface area contributed by atoms with Crippen molar-refractivity contribution in [2.24, 2.45) is 11.8 Å². The second-order valence-corrected chi connectivity index (χ2v) is 3.54. The highest BCUT2D eigenvalue weighted by Crippen LogP contribution is 2.29. The van der Waals surface area contributed by atoms with Gasteiger partial charge in [-0.3, -0.25) is 11.3 Å². The third-order valence-electron chi connectivity index (χ3n) is 2.58. The molecule has 0 aromatic heterocycles. The molecule has 0 aromatic carbocycles. The van der Waals surface area contributed by atoms with E-state index in [4.69, 9.17) is 5.84 Å². The van der Waals surface area contributed by atoms with E-state index in [2.05, 4.69) is 12.0 Å². The molecule has 0 amide bonds. The van der Waals surface area contributed by atoms with Crippen LogP contribution in [0, 0.1) is 5.92 Å². The number of hydrazine groups is 1. The van der Waals surface area contributed by atoms with Crippen molar-refractivity contribution in [2.45, 2.75) is 38.6 Å². The van der Waals surface area contributed by atoms with E-state index in [1.54, 1.807) is 0 Å². The standard InChI is InChI=1S/C9H18N2/c1-7(2)9(11-10)8-5-3-4-6-8/h8-9,11H,1,3-6,10H2,2H3. The van der Waals surface area contributed by atoms with Gasteiger partial charge in [0.1, 0.15) is 0 Å². The maximum Gasteiger partial charge on any atom is 0.0442 e. The quantitative estimate of drug-likeness (QED) is 0.368. The summed E-state index contributed by atoms with van der Waals surface area (Å²) in [4.78, 5) is 0. The molecule has 1 rings (SSSR count). The van der Waals surface area contributed by atoms with Gasteiger partial charge in [0.25, 0.3) is 0 Å². The van der Waals surface area contributed by atoms with Crippen molar-refractivity contribution in [3.8, 4) is 0 Å². The van der Waals surface area contributed by atoms with Crippen LogP contribution in [0.5, 0.6) is 0 Å². The normalized spacial score (nSPS) is 22.0. The van der Waals surface area contributed by atoms with Crippen LogP contribution in [0.4, 0.5) is 0 Å². The van der Waals surface area contributed by atoms with Gasteiger partial charge in [0.2, 0.25) is 0 Å². The van der Waals surface area contributed by atoms with Crippen LogP contribution in [0.1, 0.15) is 32.6 Å². The van der Waals surface area contributed by atoms with Crippen molar-refractivity contribution < 1.29 is 0 Å². The molecule has 1 fully saturated rings. The summed E-state index contributed by atoms with van der Waals surface area (Å²) in [7, 11) is 0. The second-order valence-electron chi connectivity index (χ2n) is 3.54. The Morgan fingerprint density at radius 3 is 2.45 bits per heavy atom. The molecule has 1 atom stereocenters. The van der Waals surface area contributed by atoms with E-state index < -0.39 is 0 Å².